The largest absolute Gasteiger partial charge is 0.356 e. The Morgan fingerprint density at radius 3 is 2.91 bits per heavy atom. The van der Waals surface area contributed by atoms with Crippen molar-refractivity contribution in [1.82, 2.24) is 15.2 Å². The van der Waals surface area contributed by atoms with E-state index >= 15 is 0 Å². The van der Waals surface area contributed by atoms with Crippen molar-refractivity contribution in [2.75, 3.05) is 26.2 Å². The third-order valence-corrected chi connectivity index (χ3v) is 4.59. The molecule has 3 rings (SSSR count). The number of nitrogens with zero attached hydrogens (tertiary/aromatic N) is 1. The minimum absolute atomic E-state index is 0.0837. The highest BCUT2D eigenvalue weighted by Crippen LogP contribution is 2.16. The fourth-order valence-corrected chi connectivity index (χ4v) is 3.21. The van der Waals surface area contributed by atoms with Gasteiger partial charge in [-0.25, -0.2) is 0 Å². The molecule has 2 N–H and O–H groups in total. The number of aromatic amines is 1. The van der Waals surface area contributed by atoms with Crippen LogP contribution in [-0.4, -0.2) is 42.0 Å². The number of likely N-dealkylation sites (tertiary alicyclic amines) is 1. The maximum absolute atomic E-state index is 12.0. The van der Waals surface area contributed by atoms with Crippen LogP contribution >= 0.6 is 11.6 Å². The van der Waals surface area contributed by atoms with Crippen LogP contribution in [0.25, 0.3) is 0 Å². The molecular formula is C18H22ClN3O. The van der Waals surface area contributed by atoms with Gasteiger partial charge in [-0.2, -0.15) is 0 Å². The molecule has 2 aromatic rings. The Morgan fingerprint density at radius 1 is 1.35 bits per heavy atom. The Labute approximate surface area is 141 Å². The SMILES string of the molecule is O=C(NC[C@H]1CCN(CCc2ccccc2)C1)c1cc(Cl)c[nH]1. The Hall–Kier alpha value is -1.78. The Bertz CT molecular complexity index is 641. The van der Waals surface area contributed by atoms with Gasteiger partial charge in [0.05, 0.1) is 5.02 Å². The van der Waals surface area contributed by atoms with Crippen LogP contribution in [0.3, 0.4) is 0 Å². The van der Waals surface area contributed by atoms with Gasteiger partial charge < -0.3 is 15.2 Å². The van der Waals surface area contributed by atoms with Crippen LogP contribution < -0.4 is 5.32 Å². The summed E-state index contributed by atoms with van der Waals surface area (Å²) < 4.78 is 0. The molecule has 0 spiro atoms. The third-order valence-electron chi connectivity index (χ3n) is 4.37. The molecule has 1 aromatic carbocycles. The van der Waals surface area contributed by atoms with Gasteiger partial charge in [-0.15, -0.1) is 0 Å². The highest BCUT2D eigenvalue weighted by Gasteiger charge is 2.22. The van der Waals surface area contributed by atoms with Crippen molar-refractivity contribution in [1.29, 1.82) is 0 Å². The predicted octanol–water partition coefficient (Wildman–Crippen LogP) is 2.96. The molecule has 5 heteroatoms. The Balaban J connectivity index is 1.39. The quantitative estimate of drug-likeness (QED) is 0.855. The van der Waals surface area contributed by atoms with Gasteiger partial charge >= 0.3 is 0 Å². The average molecular weight is 332 g/mol. The summed E-state index contributed by atoms with van der Waals surface area (Å²) in [6.07, 6.45) is 3.85. The lowest BCUT2D eigenvalue weighted by atomic mass is 10.1. The van der Waals surface area contributed by atoms with Crippen LogP contribution in [0.1, 0.15) is 22.5 Å². The van der Waals surface area contributed by atoms with E-state index in [-0.39, 0.29) is 5.91 Å². The molecular weight excluding hydrogens is 310 g/mol. The van der Waals surface area contributed by atoms with Crippen LogP contribution in [0.4, 0.5) is 0 Å². The zero-order valence-electron chi connectivity index (χ0n) is 13.1. The van der Waals surface area contributed by atoms with Gasteiger partial charge in [-0.3, -0.25) is 4.79 Å². The molecule has 122 valence electrons. The third kappa shape index (κ3) is 4.60. The number of carbonyl (C=O) groups excluding carboxylic acids is 1. The van der Waals surface area contributed by atoms with Crippen LogP contribution in [0.5, 0.6) is 0 Å². The first-order valence-electron chi connectivity index (χ1n) is 8.09. The van der Waals surface area contributed by atoms with Crippen molar-refractivity contribution < 1.29 is 4.79 Å². The molecule has 0 aliphatic carbocycles. The molecule has 23 heavy (non-hydrogen) atoms. The lowest BCUT2D eigenvalue weighted by Gasteiger charge is -2.16. The van der Waals surface area contributed by atoms with Crippen LogP contribution in [0, 0.1) is 5.92 Å². The number of hydrogen-bond acceptors (Lipinski definition) is 2. The van der Waals surface area contributed by atoms with E-state index in [0.29, 0.717) is 16.6 Å². The molecule has 0 bridgehead atoms. The van der Waals surface area contributed by atoms with Crippen molar-refractivity contribution >= 4 is 17.5 Å². The molecule has 1 saturated heterocycles. The van der Waals surface area contributed by atoms with E-state index in [1.807, 2.05) is 0 Å². The number of halogens is 1. The molecule has 1 amide bonds. The van der Waals surface area contributed by atoms with Gasteiger partial charge in [-0.05, 0) is 36.9 Å². The van der Waals surface area contributed by atoms with Crippen LogP contribution in [-0.2, 0) is 6.42 Å². The van der Waals surface area contributed by atoms with E-state index in [4.69, 9.17) is 11.6 Å². The smallest absolute Gasteiger partial charge is 0.267 e. The van der Waals surface area contributed by atoms with Gasteiger partial charge in [0.1, 0.15) is 5.69 Å². The lowest BCUT2D eigenvalue weighted by molar-refractivity contribution is 0.0943. The summed E-state index contributed by atoms with van der Waals surface area (Å²) in [4.78, 5) is 17.3. The Morgan fingerprint density at radius 2 is 2.17 bits per heavy atom. The van der Waals surface area contributed by atoms with Crippen LogP contribution in [0.2, 0.25) is 5.02 Å². The average Bonchev–Trinajstić information content (AvgIpc) is 3.21. The van der Waals surface area contributed by atoms with Gasteiger partial charge in [0, 0.05) is 25.8 Å². The fourth-order valence-electron chi connectivity index (χ4n) is 3.05. The normalized spacial score (nSPS) is 18.2. The molecule has 1 fully saturated rings. The van der Waals surface area contributed by atoms with Crippen molar-refractivity contribution in [2.24, 2.45) is 5.92 Å². The summed E-state index contributed by atoms with van der Waals surface area (Å²) in [5.74, 6) is 0.444. The molecule has 2 heterocycles. The molecule has 1 aliphatic rings. The Kier molecular flexibility index (Phi) is 5.36. The van der Waals surface area contributed by atoms with Crippen molar-refractivity contribution in [3.8, 4) is 0 Å². The molecule has 1 atom stereocenters. The molecule has 1 aromatic heterocycles. The minimum atomic E-state index is -0.0837. The van der Waals surface area contributed by atoms with E-state index in [0.717, 1.165) is 39.0 Å². The van der Waals surface area contributed by atoms with E-state index in [1.165, 1.54) is 5.56 Å². The summed E-state index contributed by atoms with van der Waals surface area (Å²) in [6.45, 7) is 3.97. The second kappa shape index (κ2) is 7.66. The van der Waals surface area contributed by atoms with Crippen LogP contribution in [0.15, 0.2) is 42.6 Å². The first kappa shape index (κ1) is 16.1. The predicted molar refractivity (Wildman–Crippen MR) is 92.8 cm³/mol. The maximum atomic E-state index is 12.0. The fraction of sp³-hybridized carbons (Fsp3) is 0.389. The molecule has 0 radical (unpaired) electrons. The van der Waals surface area contributed by atoms with Gasteiger partial charge in [0.15, 0.2) is 0 Å². The second-order valence-corrected chi connectivity index (χ2v) is 6.57. The molecule has 1 aliphatic heterocycles. The zero-order valence-corrected chi connectivity index (χ0v) is 13.9. The van der Waals surface area contributed by atoms with Gasteiger partial charge in [-0.1, -0.05) is 41.9 Å². The number of amides is 1. The highest BCUT2D eigenvalue weighted by molar-refractivity contribution is 6.30. The lowest BCUT2D eigenvalue weighted by Crippen LogP contribution is -2.31. The van der Waals surface area contributed by atoms with E-state index in [9.17, 15) is 4.79 Å². The minimum Gasteiger partial charge on any atom is -0.356 e. The summed E-state index contributed by atoms with van der Waals surface area (Å²) in [5, 5.41) is 3.55. The first-order valence-corrected chi connectivity index (χ1v) is 8.47. The first-order chi connectivity index (χ1) is 11.2. The monoisotopic (exact) mass is 331 g/mol. The standard InChI is InChI=1S/C18H22ClN3O/c19-16-10-17(20-12-16)18(23)21-11-15-7-9-22(13-15)8-6-14-4-2-1-3-5-14/h1-5,10,12,15,20H,6-9,11,13H2,(H,21,23)/t15-/m1/s1. The van der Waals surface area contributed by atoms with Gasteiger partial charge in [0.2, 0.25) is 0 Å². The number of nitrogens with one attached hydrogen (secondary N) is 2. The van der Waals surface area contributed by atoms with Crippen molar-refractivity contribution in [2.45, 2.75) is 12.8 Å². The topological polar surface area (TPSA) is 48.1 Å². The number of aromatic nitrogens is 1. The number of benzene rings is 1. The van der Waals surface area contributed by atoms with E-state index < -0.39 is 0 Å². The maximum Gasteiger partial charge on any atom is 0.267 e. The number of hydrogen-bond donors (Lipinski definition) is 2. The van der Waals surface area contributed by atoms with E-state index in [1.54, 1.807) is 12.3 Å². The second-order valence-electron chi connectivity index (χ2n) is 6.13. The van der Waals surface area contributed by atoms with Gasteiger partial charge in [0.25, 0.3) is 5.91 Å². The zero-order chi connectivity index (χ0) is 16.1. The number of carbonyl (C=O) groups is 1. The van der Waals surface area contributed by atoms with Crippen molar-refractivity contribution in [3.05, 3.63) is 58.9 Å². The molecule has 0 unspecified atom stereocenters. The molecule has 0 saturated carbocycles. The summed E-state index contributed by atoms with van der Waals surface area (Å²) in [7, 11) is 0. The summed E-state index contributed by atoms with van der Waals surface area (Å²) >= 11 is 5.82. The van der Waals surface area contributed by atoms with Crippen molar-refractivity contribution in [3.63, 3.8) is 0 Å². The molecule has 4 nitrogen and oxygen atoms in total. The number of rotatable bonds is 6. The number of H-pyrrole nitrogens is 1. The summed E-state index contributed by atoms with van der Waals surface area (Å²) in [6, 6.07) is 12.2. The summed E-state index contributed by atoms with van der Waals surface area (Å²) in [5.41, 5.74) is 1.90. The highest BCUT2D eigenvalue weighted by atomic mass is 35.5. The van der Waals surface area contributed by atoms with E-state index in [2.05, 4.69) is 45.5 Å².